The van der Waals surface area contributed by atoms with E-state index in [1.54, 1.807) is 0 Å². The third-order valence-electron chi connectivity index (χ3n) is 7.92. The van der Waals surface area contributed by atoms with Gasteiger partial charge in [-0.05, 0) is 94.6 Å². The Kier molecular flexibility index (Phi) is 11.8. The molecule has 0 unspecified atom stereocenters. The number of nitrogens with zero attached hydrogens (tertiary/aromatic N) is 1. The Labute approximate surface area is 245 Å². The molecule has 0 saturated heterocycles. The van der Waals surface area contributed by atoms with Crippen molar-refractivity contribution in [2.24, 2.45) is 0 Å². The van der Waals surface area contributed by atoms with Crippen molar-refractivity contribution in [2.45, 2.75) is 76.9 Å². The summed E-state index contributed by atoms with van der Waals surface area (Å²) in [4.78, 5) is 27.2. The Balaban J connectivity index is 1.28. The van der Waals surface area contributed by atoms with E-state index in [9.17, 15) is 9.59 Å². The minimum atomic E-state index is -0.412. The summed E-state index contributed by atoms with van der Waals surface area (Å²) in [6, 6.07) is 27.3. The van der Waals surface area contributed by atoms with Gasteiger partial charge in [0.2, 0.25) is 0 Å². The number of amides is 1. The second-order valence-electron chi connectivity index (χ2n) is 10.9. The zero-order valence-corrected chi connectivity index (χ0v) is 24.5. The zero-order chi connectivity index (χ0) is 28.9. The largest absolute Gasteiger partial charge is 0.466 e. The maximum absolute atomic E-state index is 13.0. The Morgan fingerprint density at radius 3 is 2.24 bits per heavy atom. The second kappa shape index (κ2) is 16.0. The Morgan fingerprint density at radius 1 is 0.854 bits per heavy atom. The molecular weight excluding hydrogens is 512 g/mol. The Bertz CT molecular complexity index is 1220. The lowest BCUT2D eigenvalue weighted by atomic mass is 9.92. The predicted octanol–water partition coefficient (Wildman–Crippen LogP) is 7.66. The van der Waals surface area contributed by atoms with E-state index < -0.39 is 6.09 Å². The SMILES string of the molecule is CCOC(=O)CCCc1ccc(-c2ccccc2)c(NC(=O)O[C@H]2CC[C@H](N(C)CCCc3ccccc3)CC2)c1. The number of aryl methyl sites for hydroxylation is 2. The summed E-state index contributed by atoms with van der Waals surface area (Å²) in [7, 11) is 2.22. The van der Waals surface area contributed by atoms with Crippen LogP contribution in [0, 0.1) is 0 Å². The van der Waals surface area contributed by atoms with E-state index in [2.05, 4.69) is 53.7 Å². The summed E-state index contributed by atoms with van der Waals surface area (Å²) in [6.07, 6.45) is 7.37. The number of esters is 1. The van der Waals surface area contributed by atoms with Gasteiger partial charge in [-0.3, -0.25) is 10.1 Å². The molecule has 0 heterocycles. The number of nitrogens with one attached hydrogen (secondary N) is 1. The standard InChI is InChI=1S/C35H44N2O4/c1-3-40-34(38)18-10-14-28-19-24-32(29-16-8-5-9-17-29)33(26-28)36-35(39)41-31-22-20-30(21-23-31)37(2)25-11-15-27-12-6-4-7-13-27/h4-9,12-13,16-17,19,24,26,30-31H,3,10-11,14-15,18,20-23,25H2,1-2H3,(H,36,39)/t30-,31-. The van der Waals surface area contributed by atoms with E-state index in [1.165, 1.54) is 5.56 Å². The molecule has 1 amide bonds. The molecule has 0 radical (unpaired) electrons. The van der Waals surface area contributed by atoms with Gasteiger partial charge in [0.05, 0.1) is 12.3 Å². The van der Waals surface area contributed by atoms with Crippen molar-refractivity contribution in [2.75, 3.05) is 25.5 Å². The molecule has 1 fully saturated rings. The summed E-state index contributed by atoms with van der Waals surface area (Å²) < 4.78 is 10.9. The number of carbonyl (C=O) groups excluding carboxylic acids is 2. The van der Waals surface area contributed by atoms with Gasteiger partial charge in [-0.1, -0.05) is 72.8 Å². The van der Waals surface area contributed by atoms with Crippen LogP contribution < -0.4 is 5.32 Å². The van der Waals surface area contributed by atoms with Crippen molar-refractivity contribution in [3.8, 4) is 11.1 Å². The average molecular weight is 557 g/mol. The van der Waals surface area contributed by atoms with Crippen LogP contribution in [0.15, 0.2) is 78.9 Å². The lowest BCUT2D eigenvalue weighted by molar-refractivity contribution is -0.143. The van der Waals surface area contributed by atoms with Crippen molar-refractivity contribution in [1.82, 2.24) is 4.90 Å². The van der Waals surface area contributed by atoms with Gasteiger partial charge in [0.25, 0.3) is 0 Å². The first-order valence-electron chi connectivity index (χ1n) is 15.1. The minimum Gasteiger partial charge on any atom is -0.466 e. The molecule has 0 aromatic heterocycles. The Morgan fingerprint density at radius 2 is 1.54 bits per heavy atom. The van der Waals surface area contributed by atoms with E-state index in [1.807, 2.05) is 49.4 Å². The van der Waals surface area contributed by atoms with E-state index in [-0.39, 0.29) is 12.1 Å². The molecule has 0 spiro atoms. The Hall–Kier alpha value is -3.64. The van der Waals surface area contributed by atoms with E-state index in [0.717, 1.165) is 73.9 Å². The lowest BCUT2D eigenvalue weighted by Gasteiger charge is -2.34. The summed E-state index contributed by atoms with van der Waals surface area (Å²) in [5.74, 6) is -0.177. The molecule has 4 rings (SSSR count). The highest BCUT2D eigenvalue weighted by atomic mass is 16.6. The zero-order valence-electron chi connectivity index (χ0n) is 24.5. The molecule has 0 aliphatic heterocycles. The molecule has 218 valence electrons. The molecule has 1 N–H and O–H groups in total. The summed E-state index contributed by atoms with van der Waals surface area (Å²) in [6.45, 7) is 3.29. The first-order chi connectivity index (χ1) is 20.0. The van der Waals surface area contributed by atoms with Crippen LogP contribution in [0.5, 0.6) is 0 Å². The fraction of sp³-hybridized carbons (Fsp3) is 0.429. The molecule has 0 bridgehead atoms. The van der Waals surface area contributed by atoms with Gasteiger partial charge in [0, 0.05) is 18.0 Å². The molecule has 0 atom stereocenters. The van der Waals surface area contributed by atoms with Gasteiger partial charge in [-0.15, -0.1) is 0 Å². The third-order valence-corrected chi connectivity index (χ3v) is 7.92. The summed E-state index contributed by atoms with van der Waals surface area (Å²) in [5, 5.41) is 3.03. The van der Waals surface area contributed by atoms with Crippen molar-refractivity contribution < 1.29 is 19.1 Å². The van der Waals surface area contributed by atoms with Crippen LogP contribution in [-0.2, 0) is 27.1 Å². The third kappa shape index (κ3) is 9.75. The van der Waals surface area contributed by atoms with E-state index in [4.69, 9.17) is 9.47 Å². The van der Waals surface area contributed by atoms with Gasteiger partial charge < -0.3 is 14.4 Å². The number of ether oxygens (including phenoxy) is 2. The highest BCUT2D eigenvalue weighted by Gasteiger charge is 2.26. The smallest absolute Gasteiger partial charge is 0.411 e. The van der Waals surface area contributed by atoms with Crippen LogP contribution in [0.1, 0.15) is 63.0 Å². The average Bonchev–Trinajstić information content (AvgIpc) is 2.99. The fourth-order valence-corrected chi connectivity index (χ4v) is 5.64. The molecule has 1 aliphatic carbocycles. The van der Waals surface area contributed by atoms with Crippen LogP contribution >= 0.6 is 0 Å². The first kappa shape index (κ1) is 30.3. The van der Waals surface area contributed by atoms with Crippen LogP contribution in [0.25, 0.3) is 11.1 Å². The minimum absolute atomic E-state index is 0.0723. The molecule has 41 heavy (non-hydrogen) atoms. The molecular formula is C35H44N2O4. The second-order valence-corrected chi connectivity index (χ2v) is 10.9. The number of carbonyl (C=O) groups is 2. The van der Waals surface area contributed by atoms with Gasteiger partial charge in [-0.2, -0.15) is 0 Å². The molecule has 3 aromatic rings. The maximum Gasteiger partial charge on any atom is 0.411 e. The van der Waals surface area contributed by atoms with Crippen LogP contribution in [0.2, 0.25) is 0 Å². The van der Waals surface area contributed by atoms with Gasteiger partial charge in [-0.25, -0.2) is 4.79 Å². The number of hydrogen-bond donors (Lipinski definition) is 1. The summed E-state index contributed by atoms with van der Waals surface area (Å²) in [5.41, 5.74) is 5.14. The molecule has 3 aromatic carbocycles. The molecule has 6 nitrogen and oxygen atoms in total. The first-order valence-corrected chi connectivity index (χ1v) is 15.1. The quantitative estimate of drug-likeness (QED) is 0.219. The number of benzene rings is 3. The molecule has 1 aliphatic rings. The van der Waals surface area contributed by atoms with Crippen molar-refractivity contribution in [3.63, 3.8) is 0 Å². The van der Waals surface area contributed by atoms with Crippen molar-refractivity contribution in [1.29, 1.82) is 0 Å². The highest BCUT2D eigenvalue weighted by Crippen LogP contribution is 2.31. The normalized spacial score (nSPS) is 16.8. The van der Waals surface area contributed by atoms with Crippen LogP contribution in [0.4, 0.5) is 10.5 Å². The molecule has 6 heteroatoms. The van der Waals surface area contributed by atoms with Crippen LogP contribution in [0.3, 0.4) is 0 Å². The molecule has 1 saturated carbocycles. The van der Waals surface area contributed by atoms with E-state index in [0.29, 0.717) is 25.5 Å². The summed E-state index contributed by atoms with van der Waals surface area (Å²) >= 11 is 0. The topological polar surface area (TPSA) is 67.9 Å². The lowest BCUT2D eigenvalue weighted by Crippen LogP contribution is -2.38. The number of anilines is 1. The predicted molar refractivity (Wildman–Crippen MR) is 165 cm³/mol. The van der Waals surface area contributed by atoms with Crippen molar-refractivity contribution in [3.05, 3.63) is 90.0 Å². The maximum atomic E-state index is 13.0. The van der Waals surface area contributed by atoms with Crippen molar-refractivity contribution >= 4 is 17.7 Å². The van der Waals surface area contributed by atoms with Gasteiger partial charge in [0.1, 0.15) is 6.10 Å². The number of hydrogen-bond acceptors (Lipinski definition) is 5. The van der Waals surface area contributed by atoms with E-state index >= 15 is 0 Å². The highest BCUT2D eigenvalue weighted by molar-refractivity contribution is 5.91. The van der Waals surface area contributed by atoms with Crippen LogP contribution in [-0.4, -0.2) is 49.3 Å². The van der Waals surface area contributed by atoms with Gasteiger partial charge in [0.15, 0.2) is 0 Å². The number of rotatable bonds is 13. The van der Waals surface area contributed by atoms with Gasteiger partial charge >= 0.3 is 12.1 Å². The fourth-order valence-electron chi connectivity index (χ4n) is 5.64. The monoisotopic (exact) mass is 556 g/mol.